The molecule has 0 bridgehead atoms. The van der Waals surface area contributed by atoms with E-state index in [0.717, 1.165) is 18.2 Å². The van der Waals surface area contributed by atoms with Gasteiger partial charge in [0.15, 0.2) is 0 Å². The number of halogens is 1. The second kappa shape index (κ2) is 7.46. The summed E-state index contributed by atoms with van der Waals surface area (Å²) < 4.78 is 5.37. The quantitative estimate of drug-likeness (QED) is 0.478. The number of benzene rings is 2. The molecule has 2 N–H and O–H groups in total. The molecule has 0 heterocycles. The smallest absolute Gasteiger partial charge is 0.271 e. The zero-order valence-corrected chi connectivity index (χ0v) is 12.6. The van der Waals surface area contributed by atoms with Crippen LogP contribution >= 0.6 is 11.6 Å². The Morgan fingerprint density at radius 1 is 1.30 bits per heavy atom. The lowest BCUT2D eigenvalue weighted by molar-refractivity contribution is -0.384. The maximum absolute atomic E-state index is 11.8. The molecule has 8 heteroatoms. The van der Waals surface area contributed by atoms with Crippen molar-refractivity contribution in [1.82, 2.24) is 0 Å². The Kier molecular flexibility index (Phi) is 5.37. The van der Waals surface area contributed by atoms with E-state index in [1.54, 1.807) is 24.3 Å². The standard InChI is InChI=1S/C15H13ClN2O5/c16-11-3-1-2-4-14(11)23-8-7-15(20)17-12-9-10(18(21)22)5-6-13(12)19/h1-6,9,19H,7-8H2,(H,17,20). The normalized spacial score (nSPS) is 10.1. The van der Waals surface area contributed by atoms with Crippen molar-refractivity contribution in [2.45, 2.75) is 6.42 Å². The summed E-state index contributed by atoms with van der Waals surface area (Å²) in [7, 11) is 0. The summed E-state index contributed by atoms with van der Waals surface area (Å²) in [6.45, 7) is 0.0747. The number of carbonyl (C=O) groups excluding carboxylic acids is 1. The number of anilines is 1. The average Bonchev–Trinajstić information content (AvgIpc) is 2.51. The van der Waals surface area contributed by atoms with Crippen LogP contribution in [0.4, 0.5) is 11.4 Å². The molecule has 2 aromatic carbocycles. The highest BCUT2D eigenvalue weighted by Crippen LogP contribution is 2.28. The monoisotopic (exact) mass is 336 g/mol. The van der Waals surface area contributed by atoms with E-state index in [-0.39, 0.29) is 30.2 Å². The Bertz CT molecular complexity index is 736. The molecule has 23 heavy (non-hydrogen) atoms. The second-order valence-corrected chi connectivity index (χ2v) is 4.94. The molecule has 0 aliphatic heterocycles. The molecule has 120 valence electrons. The van der Waals surface area contributed by atoms with Crippen LogP contribution in [0.5, 0.6) is 11.5 Å². The number of nitrogens with one attached hydrogen (secondary N) is 1. The van der Waals surface area contributed by atoms with Crippen LogP contribution in [0.25, 0.3) is 0 Å². The number of nitro benzene ring substituents is 1. The third-order valence-electron chi connectivity index (χ3n) is 2.89. The fourth-order valence-corrected chi connectivity index (χ4v) is 1.96. The van der Waals surface area contributed by atoms with Crippen molar-refractivity contribution in [2.75, 3.05) is 11.9 Å². The lowest BCUT2D eigenvalue weighted by Crippen LogP contribution is -2.15. The highest BCUT2D eigenvalue weighted by molar-refractivity contribution is 6.32. The van der Waals surface area contributed by atoms with E-state index in [1.165, 1.54) is 0 Å². The van der Waals surface area contributed by atoms with Crippen molar-refractivity contribution in [2.24, 2.45) is 0 Å². The number of rotatable bonds is 6. The maximum atomic E-state index is 11.8. The van der Waals surface area contributed by atoms with Gasteiger partial charge in [-0.25, -0.2) is 0 Å². The van der Waals surface area contributed by atoms with Gasteiger partial charge in [-0.05, 0) is 18.2 Å². The van der Waals surface area contributed by atoms with Crippen molar-refractivity contribution in [1.29, 1.82) is 0 Å². The molecule has 7 nitrogen and oxygen atoms in total. The highest BCUT2D eigenvalue weighted by Gasteiger charge is 2.13. The van der Waals surface area contributed by atoms with Crippen LogP contribution in [0, 0.1) is 10.1 Å². The number of carbonyl (C=O) groups is 1. The minimum atomic E-state index is -0.615. The molecule has 0 atom stereocenters. The van der Waals surface area contributed by atoms with Gasteiger partial charge in [0, 0.05) is 12.1 Å². The van der Waals surface area contributed by atoms with E-state index in [0.29, 0.717) is 10.8 Å². The van der Waals surface area contributed by atoms with E-state index in [4.69, 9.17) is 16.3 Å². The van der Waals surface area contributed by atoms with E-state index in [2.05, 4.69) is 5.32 Å². The van der Waals surface area contributed by atoms with Gasteiger partial charge in [-0.2, -0.15) is 0 Å². The Balaban J connectivity index is 1.91. The molecule has 0 aromatic heterocycles. The molecular weight excluding hydrogens is 324 g/mol. The van der Waals surface area contributed by atoms with Gasteiger partial charge in [-0.3, -0.25) is 14.9 Å². The minimum absolute atomic E-state index is 0.00659. The second-order valence-electron chi connectivity index (χ2n) is 4.54. The van der Waals surface area contributed by atoms with Gasteiger partial charge in [0.25, 0.3) is 5.69 Å². The van der Waals surface area contributed by atoms with Crippen LogP contribution in [0.1, 0.15) is 6.42 Å². The molecule has 0 fully saturated rings. The summed E-state index contributed by atoms with van der Waals surface area (Å²) in [4.78, 5) is 21.9. The number of hydrogen-bond donors (Lipinski definition) is 2. The maximum Gasteiger partial charge on any atom is 0.271 e. The average molecular weight is 337 g/mol. The fourth-order valence-electron chi connectivity index (χ4n) is 1.77. The summed E-state index contributed by atoms with van der Waals surface area (Å²) in [5.41, 5.74) is -0.257. The van der Waals surface area contributed by atoms with E-state index >= 15 is 0 Å². The Hall–Kier alpha value is -2.80. The number of aromatic hydroxyl groups is 1. The lowest BCUT2D eigenvalue weighted by atomic mass is 10.2. The first-order valence-electron chi connectivity index (χ1n) is 6.62. The van der Waals surface area contributed by atoms with Gasteiger partial charge in [0.1, 0.15) is 11.5 Å². The van der Waals surface area contributed by atoms with Crippen LogP contribution < -0.4 is 10.1 Å². The molecule has 2 rings (SSSR count). The van der Waals surface area contributed by atoms with Gasteiger partial charge < -0.3 is 15.2 Å². The number of non-ortho nitro benzene ring substituents is 1. The van der Waals surface area contributed by atoms with Gasteiger partial charge in [-0.15, -0.1) is 0 Å². The molecular formula is C15H13ClN2O5. The van der Waals surface area contributed by atoms with Gasteiger partial charge in [-0.1, -0.05) is 23.7 Å². The molecule has 0 radical (unpaired) electrons. The first-order valence-corrected chi connectivity index (χ1v) is 7.00. The van der Waals surface area contributed by atoms with Crippen molar-refractivity contribution < 1.29 is 19.6 Å². The molecule has 0 saturated carbocycles. The predicted molar refractivity (Wildman–Crippen MR) is 85.0 cm³/mol. The Morgan fingerprint density at radius 2 is 2.04 bits per heavy atom. The minimum Gasteiger partial charge on any atom is -0.506 e. The highest BCUT2D eigenvalue weighted by atomic mass is 35.5. The number of ether oxygens (including phenoxy) is 1. The zero-order valence-electron chi connectivity index (χ0n) is 11.9. The third-order valence-corrected chi connectivity index (χ3v) is 3.20. The first kappa shape index (κ1) is 16.6. The Labute approximate surface area is 136 Å². The van der Waals surface area contributed by atoms with Gasteiger partial charge in [0.2, 0.25) is 5.91 Å². The molecule has 0 unspecified atom stereocenters. The predicted octanol–water partition coefficient (Wildman–Crippen LogP) is 3.36. The molecule has 0 aliphatic rings. The molecule has 1 amide bonds. The number of para-hydroxylation sites is 1. The van der Waals surface area contributed by atoms with Crippen molar-refractivity contribution in [3.8, 4) is 11.5 Å². The first-order chi connectivity index (χ1) is 11.0. The molecule has 0 spiro atoms. The van der Waals surface area contributed by atoms with Gasteiger partial charge in [0.05, 0.1) is 28.7 Å². The lowest BCUT2D eigenvalue weighted by Gasteiger charge is -2.09. The fraction of sp³-hybridized carbons (Fsp3) is 0.133. The van der Waals surface area contributed by atoms with E-state index in [1.807, 2.05) is 0 Å². The number of hydrogen-bond acceptors (Lipinski definition) is 5. The van der Waals surface area contributed by atoms with Crippen LogP contribution in [0.3, 0.4) is 0 Å². The third kappa shape index (κ3) is 4.58. The Morgan fingerprint density at radius 3 is 2.74 bits per heavy atom. The summed E-state index contributed by atoms with van der Waals surface area (Å²) in [6, 6.07) is 10.2. The molecule has 0 saturated heterocycles. The summed E-state index contributed by atoms with van der Waals surface area (Å²) in [5.74, 6) is -0.246. The number of nitrogens with zero attached hydrogens (tertiary/aromatic N) is 1. The largest absolute Gasteiger partial charge is 0.506 e. The topological polar surface area (TPSA) is 102 Å². The van der Waals surface area contributed by atoms with Crippen molar-refractivity contribution >= 4 is 28.9 Å². The van der Waals surface area contributed by atoms with Crippen LogP contribution in [0.2, 0.25) is 5.02 Å². The number of phenolic OH excluding ortho intramolecular Hbond substituents is 1. The van der Waals surface area contributed by atoms with Crippen molar-refractivity contribution in [3.63, 3.8) is 0 Å². The van der Waals surface area contributed by atoms with Gasteiger partial charge >= 0.3 is 0 Å². The van der Waals surface area contributed by atoms with E-state index in [9.17, 15) is 20.0 Å². The van der Waals surface area contributed by atoms with E-state index < -0.39 is 10.8 Å². The summed E-state index contributed by atoms with van der Waals surface area (Å²) in [5, 5.41) is 23.1. The SMILES string of the molecule is O=C(CCOc1ccccc1Cl)Nc1cc([N+](=O)[O-])ccc1O. The van der Waals surface area contributed by atoms with Crippen LogP contribution in [-0.4, -0.2) is 22.5 Å². The number of amides is 1. The van der Waals surface area contributed by atoms with Crippen LogP contribution in [-0.2, 0) is 4.79 Å². The number of phenols is 1. The summed E-state index contributed by atoms with van der Waals surface area (Å²) >= 11 is 5.91. The number of nitro groups is 1. The summed E-state index contributed by atoms with van der Waals surface area (Å²) in [6.07, 6.45) is -0.00659. The van der Waals surface area contributed by atoms with Crippen LogP contribution in [0.15, 0.2) is 42.5 Å². The molecule has 0 aliphatic carbocycles. The van der Waals surface area contributed by atoms with Crippen molar-refractivity contribution in [3.05, 3.63) is 57.6 Å². The zero-order chi connectivity index (χ0) is 16.8. The molecule has 2 aromatic rings.